The van der Waals surface area contributed by atoms with Gasteiger partial charge in [0.1, 0.15) is 16.8 Å². The van der Waals surface area contributed by atoms with E-state index in [0.717, 1.165) is 18.7 Å². The first kappa shape index (κ1) is 12.6. The molecule has 2 rings (SSSR count). The van der Waals surface area contributed by atoms with Crippen molar-refractivity contribution in [2.75, 3.05) is 11.9 Å². The van der Waals surface area contributed by atoms with Gasteiger partial charge in [0.2, 0.25) is 0 Å². The van der Waals surface area contributed by atoms with Gasteiger partial charge in [0.05, 0.1) is 6.10 Å². The fraction of sp³-hybridized carbons (Fsp3) is 0.667. The van der Waals surface area contributed by atoms with Crippen molar-refractivity contribution in [1.82, 2.24) is 9.97 Å². The molecule has 0 bridgehead atoms. The zero-order valence-corrected chi connectivity index (χ0v) is 10.9. The van der Waals surface area contributed by atoms with Crippen LogP contribution in [0.4, 0.5) is 5.82 Å². The van der Waals surface area contributed by atoms with Gasteiger partial charge >= 0.3 is 0 Å². The van der Waals surface area contributed by atoms with E-state index >= 15 is 0 Å². The summed E-state index contributed by atoms with van der Waals surface area (Å²) in [6.07, 6.45) is 1.91. The number of nitrogens with one attached hydrogen (secondary N) is 1. The summed E-state index contributed by atoms with van der Waals surface area (Å²) in [6, 6.07) is 1.69. The molecule has 1 fully saturated rings. The third-order valence-corrected chi connectivity index (χ3v) is 3.11. The molecular formula is C12H18ClN3O. The Morgan fingerprint density at radius 1 is 1.47 bits per heavy atom. The molecule has 17 heavy (non-hydrogen) atoms. The zero-order valence-electron chi connectivity index (χ0n) is 10.2. The number of rotatable bonds is 5. The summed E-state index contributed by atoms with van der Waals surface area (Å²) in [5.41, 5.74) is 0. The molecule has 1 aliphatic carbocycles. The molecule has 1 saturated carbocycles. The van der Waals surface area contributed by atoms with Gasteiger partial charge in [-0.1, -0.05) is 25.4 Å². The van der Waals surface area contributed by atoms with E-state index in [4.69, 9.17) is 11.6 Å². The maximum atomic E-state index is 9.71. The van der Waals surface area contributed by atoms with Crippen LogP contribution in [0.1, 0.15) is 38.4 Å². The van der Waals surface area contributed by atoms with Crippen molar-refractivity contribution in [1.29, 1.82) is 0 Å². The molecule has 1 aromatic heterocycles. The minimum Gasteiger partial charge on any atom is -0.391 e. The number of anilines is 1. The van der Waals surface area contributed by atoms with E-state index in [9.17, 15) is 5.11 Å². The van der Waals surface area contributed by atoms with E-state index in [-0.39, 0.29) is 12.0 Å². The highest BCUT2D eigenvalue weighted by Crippen LogP contribution is 2.38. The molecule has 1 aliphatic rings. The van der Waals surface area contributed by atoms with Crippen molar-refractivity contribution in [3.8, 4) is 0 Å². The van der Waals surface area contributed by atoms with Crippen LogP contribution in [0.15, 0.2) is 6.07 Å². The van der Waals surface area contributed by atoms with E-state index in [1.807, 2.05) is 13.8 Å². The Labute approximate surface area is 106 Å². The summed E-state index contributed by atoms with van der Waals surface area (Å²) >= 11 is 5.95. The van der Waals surface area contributed by atoms with Gasteiger partial charge in [-0.3, -0.25) is 0 Å². The van der Waals surface area contributed by atoms with E-state index in [1.165, 1.54) is 0 Å². The Morgan fingerprint density at radius 2 is 2.18 bits per heavy atom. The molecule has 1 unspecified atom stereocenters. The minimum atomic E-state index is -0.381. The molecule has 1 aromatic rings. The lowest BCUT2D eigenvalue weighted by molar-refractivity contribution is 0.138. The summed E-state index contributed by atoms with van der Waals surface area (Å²) in [4.78, 5) is 8.62. The fourth-order valence-corrected chi connectivity index (χ4v) is 1.68. The number of aromatic nitrogens is 2. The maximum Gasteiger partial charge on any atom is 0.135 e. The molecule has 1 atom stereocenters. The Morgan fingerprint density at radius 3 is 2.76 bits per heavy atom. The second-order valence-corrected chi connectivity index (χ2v) is 5.29. The second-order valence-electron chi connectivity index (χ2n) is 4.90. The molecular weight excluding hydrogens is 238 g/mol. The van der Waals surface area contributed by atoms with E-state index < -0.39 is 0 Å². The topological polar surface area (TPSA) is 58.0 Å². The number of aliphatic hydroxyl groups excluding tert-OH is 1. The van der Waals surface area contributed by atoms with Gasteiger partial charge in [-0.2, -0.15) is 0 Å². The SMILES string of the molecule is CC(C)C(O)CNc1cc(Cl)nc(C2CC2)n1. The lowest BCUT2D eigenvalue weighted by Gasteiger charge is -2.15. The monoisotopic (exact) mass is 255 g/mol. The van der Waals surface area contributed by atoms with Gasteiger partial charge in [0.25, 0.3) is 0 Å². The summed E-state index contributed by atoms with van der Waals surface area (Å²) in [7, 11) is 0. The minimum absolute atomic E-state index is 0.225. The quantitative estimate of drug-likeness (QED) is 0.794. The summed E-state index contributed by atoms with van der Waals surface area (Å²) in [5.74, 6) is 2.22. The molecule has 0 aliphatic heterocycles. The van der Waals surface area contributed by atoms with Crippen LogP contribution >= 0.6 is 11.6 Å². The van der Waals surface area contributed by atoms with Gasteiger partial charge in [-0.05, 0) is 18.8 Å². The smallest absolute Gasteiger partial charge is 0.135 e. The van der Waals surface area contributed by atoms with Crippen LogP contribution in [0, 0.1) is 5.92 Å². The first-order chi connectivity index (χ1) is 8.06. The van der Waals surface area contributed by atoms with Gasteiger partial charge in [-0.25, -0.2) is 9.97 Å². The van der Waals surface area contributed by atoms with Crippen LogP contribution in [-0.4, -0.2) is 27.7 Å². The highest BCUT2D eigenvalue weighted by atomic mass is 35.5. The standard InChI is InChI=1S/C12H18ClN3O/c1-7(2)9(17)6-14-11-5-10(13)15-12(16-11)8-3-4-8/h5,7-9,17H,3-4,6H2,1-2H3,(H,14,15,16). The van der Waals surface area contributed by atoms with E-state index in [2.05, 4.69) is 15.3 Å². The predicted octanol–water partition coefficient (Wildman–Crippen LogP) is 2.44. The van der Waals surface area contributed by atoms with E-state index in [1.54, 1.807) is 6.07 Å². The second kappa shape index (κ2) is 5.19. The van der Waals surface area contributed by atoms with Gasteiger partial charge < -0.3 is 10.4 Å². The van der Waals surface area contributed by atoms with Crippen molar-refractivity contribution in [3.63, 3.8) is 0 Å². The van der Waals surface area contributed by atoms with Crippen LogP contribution < -0.4 is 5.32 Å². The van der Waals surface area contributed by atoms with Gasteiger partial charge in [0.15, 0.2) is 0 Å². The molecule has 0 spiro atoms. The van der Waals surface area contributed by atoms with Crippen LogP contribution in [-0.2, 0) is 0 Å². The molecule has 5 heteroatoms. The van der Waals surface area contributed by atoms with Crippen LogP contribution in [0.2, 0.25) is 5.15 Å². The zero-order chi connectivity index (χ0) is 12.4. The molecule has 4 nitrogen and oxygen atoms in total. The Kier molecular flexibility index (Phi) is 3.84. The van der Waals surface area contributed by atoms with Crippen LogP contribution in [0.5, 0.6) is 0 Å². The Bertz CT molecular complexity index is 393. The van der Waals surface area contributed by atoms with Crippen molar-refractivity contribution >= 4 is 17.4 Å². The maximum absolute atomic E-state index is 9.71. The third-order valence-electron chi connectivity index (χ3n) is 2.92. The molecule has 0 amide bonds. The molecule has 94 valence electrons. The number of aliphatic hydroxyl groups is 1. The number of hydrogen-bond donors (Lipinski definition) is 2. The number of nitrogens with zero attached hydrogens (tertiary/aromatic N) is 2. The van der Waals surface area contributed by atoms with Gasteiger partial charge in [-0.15, -0.1) is 0 Å². The first-order valence-corrected chi connectivity index (χ1v) is 6.40. The molecule has 0 saturated heterocycles. The first-order valence-electron chi connectivity index (χ1n) is 6.02. The Balaban J connectivity index is 2.00. The Hall–Kier alpha value is -0.870. The molecule has 0 aromatic carbocycles. The average Bonchev–Trinajstić information content (AvgIpc) is 3.08. The molecule has 0 radical (unpaired) electrons. The highest BCUT2D eigenvalue weighted by Gasteiger charge is 2.27. The van der Waals surface area contributed by atoms with Crippen molar-refractivity contribution in [2.24, 2.45) is 5.92 Å². The van der Waals surface area contributed by atoms with Gasteiger partial charge in [0, 0.05) is 18.5 Å². The molecule has 1 heterocycles. The number of hydrogen-bond acceptors (Lipinski definition) is 4. The lowest BCUT2D eigenvalue weighted by atomic mass is 10.1. The molecule has 2 N–H and O–H groups in total. The largest absolute Gasteiger partial charge is 0.391 e. The van der Waals surface area contributed by atoms with E-state index in [0.29, 0.717) is 23.4 Å². The number of halogens is 1. The third kappa shape index (κ3) is 3.54. The van der Waals surface area contributed by atoms with Crippen molar-refractivity contribution < 1.29 is 5.11 Å². The normalized spacial score (nSPS) is 17.2. The van der Waals surface area contributed by atoms with Crippen molar-refractivity contribution in [3.05, 3.63) is 17.0 Å². The summed E-state index contributed by atoms with van der Waals surface area (Å²) in [5, 5.41) is 13.3. The highest BCUT2D eigenvalue weighted by molar-refractivity contribution is 6.29. The lowest BCUT2D eigenvalue weighted by Crippen LogP contribution is -2.25. The predicted molar refractivity (Wildman–Crippen MR) is 68.4 cm³/mol. The summed E-state index contributed by atoms with van der Waals surface area (Å²) < 4.78 is 0. The average molecular weight is 256 g/mol. The summed E-state index contributed by atoms with van der Waals surface area (Å²) in [6.45, 7) is 4.44. The van der Waals surface area contributed by atoms with Crippen molar-refractivity contribution in [2.45, 2.75) is 38.7 Å². The fourth-order valence-electron chi connectivity index (χ4n) is 1.49. The van der Waals surface area contributed by atoms with Crippen LogP contribution in [0.3, 0.4) is 0 Å². The van der Waals surface area contributed by atoms with Crippen LogP contribution in [0.25, 0.3) is 0 Å².